The summed E-state index contributed by atoms with van der Waals surface area (Å²) in [4.78, 5) is 40.5. The van der Waals surface area contributed by atoms with E-state index in [9.17, 15) is 14.4 Å². The quantitative estimate of drug-likeness (QED) is 0.472. The summed E-state index contributed by atoms with van der Waals surface area (Å²) in [6.07, 6.45) is 1.51. The standard InChI is InChI=1S/C23H30N4O5/c1-5-16-8-10-17(11-9-16)27-20(28)19-14-18(21(29)32-6-2)25-26(19)15-23(27,3)22(30)24-12-7-13-31-4/h8-11,14H,5-7,12-13,15H2,1-4H3,(H,24,30). The molecule has 1 aromatic carbocycles. The topological polar surface area (TPSA) is 103 Å². The van der Waals surface area contributed by atoms with Crippen molar-refractivity contribution in [2.45, 2.75) is 45.7 Å². The highest BCUT2D eigenvalue weighted by Gasteiger charge is 2.49. The highest BCUT2D eigenvalue weighted by molar-refractivity contribution is 6.12. The molecule has 2 aromatic rings. The van der Waals surface area contributed by atoms with Crippen LogP contribution in [0.3, 0.4) is 0 Å². The van der Waals surface area contributed by atoms with Gasteiger partial charge in [-0.1, -0.05) is 19.1 Å². The van der Waals surface area contributed by atoms with Crippen LogP contribution >= 0.6 is 0 Å². The van der Waals surface area contributed by atoms with E-state index in [0.29, 0.717) is 25.3 Å². The molecule has 0 spiro atoms. The highest BCUT2D eigenvalue weighted by Crippen LogP contribution is 2.33. The molecule has 1 aromatic heterocycles. The molecular formula is C23H30N4O5. The lowest BCUT2D eigenvalue weighted by atomic mass is 9.93. The highest BCUT2D eigenvalue weighted by atomic mass is 16.5. The minimum atomic E-state index is -1.25. The molecule has 3 rings (SSSR count). The van der Waals surface area contributed by atoms with Gasteiger partial charge in [0.15, 0.2) is 5.69 Å². The molecular weight excluding hydrogens is 412 g/mol. The van der Waals surface area contributed by atoms with Crippen LogP contribution in [0.2, 0.25) is 0 Å². The zero-order valence-electron chi connectivity index (χ0n) is 19.0. The number of rotatable bonds is 9. The van der Waals surface area contributed by atoms with Crippen LogP contribution in [0, 0.1) is 0 Å². The minimum Gasteiger partial charge on any atom is -0.461 e. The van der Waals surface area contributed by atoms with Crippen LogP contribution < -0.4 is 10.2 Å². The van der Waals surface area contributed by atoms with E-state index < -0.39 is 17.4 Å². The number of carbonyl (C=O) groups excluding carboxylic acids is 3. The number of methoxy groups -OCH3 is 1. The van der Waals surface area contributed by atoms with Crippen molar-refractivity contribution in [3.05, 3.63) is 47.3 Å². The number of esters is 1. The van der Waals surface area contributed by atoms with E-state index in [1.54, 1.807) is 21.0 Å². The molecule has 0 radical (unpaired) electrons. The first-order chi connectivity index (χ1) is 15.3. The van der Waals surface area contributed by atoms with E-state index in [1.807, 2.05) is 31.2 Å². The number of nitrogens with one attached hydrogen (secondary N) is 1. The Bertz CT molecular complexity index is 985. The molecule has 1 aliphatic rings. The molecule has 9 nitrogen and oxygen atoms in total. The molecule has 2 amide bonds. The van der Waals surface area contributed by atoms with Gasteiger partial charge in [0, 0.05) is 32.0 Å². The van der Waals surface area contributed by atoms with Gasteiger partial charge in [-0.15, -0.1) is 0 Å². The van der Waals surface area contributed by atoms with Crippen molar-refractivity contribution in [3.63, 3.8) is 0 Å². The van der Waals surface area contributed by atoms with Crippen molar-refractivity contribution < 1.29 is 23.9 Å². The van der Waals surface area contributed by atoms with Gasteiger partial charge in [-0.2, -0.15) is 5.10 Å². The number of hydrogen-bond acceptors (Lipinski definition) is 6. The largest absolute Gasteiger partial charge is 0.461 e. The molecule has 1 unspecified atom stereocenters. The van der Waals surface area contributed by atoms with Gasteiger partial charge in [-0.25, -0.2) is 4.79 Å². The van der Waals surface area contributed by atoms with Crippen LogP contribution in [0.25, 0.3) is 0 Å². The van der Waals surface area contributed by atoms with Gasteiger partial charge in [-0.05, 0) is 44.4 Å². The normalized spacial score (nSPS) is 17.8. The van der Waals surface area contributed by atoms with Crippen molar-refractivity contribution >= 4 is 23.5 Å². The maximum Gasteiger partial charge on any atom is 0.358 e. The first-order valence-electron chi connectivity index (χ1n) is 10.8. The smallest absolute Gasteiger partial charge is 0.358 e. The Kier molecular flexibility index (Phi) is 7.29. The number of amides is 2. The van der Waals surface area contributed by atoms with E-state index >= 15 is 0 Å². The summed E-state index contributed by atoms with van der Waals surface area (Å²) in [5.41, 5.74) is 0.756. The maximum atomic E-state index is 13.6. The zero-order valence-corrected chi connectivity index (χ0v) is 19.0. The van der Waals surface area contributed by atoms with Crippen molar-refractivity contribution in [1.82, 2.24) is 15.1 Å². The average molecular weight is 443 g/mol. The minimum absolute atomic E-state index is 0.0428. The van der Waals surface area contributed by atoms with Crippen LogP contribution in [0.5, 0.6) is 0 Å². The lowest BCUT2D eigenvalue weighted by Crippen LogP contribution is -2.64. The Morgan fingerprint density at radius 3 is 2.56 bits per heavy atom. The molecule has 1 N–H and O–H groups in total. The third kappa shape index (κ3) is 4.52. The predicted molar refractivity (Wildman–Crippen MR) is 119 cm³/mol. The van der Waals surface area contributed by atoms with Crippen LogP contribution in [-0.2, 0) is 27.2 Å². The Labute approximate surface area is 187 Å². The van der Waals surface area contributed by atoms with Gasteiger partial charge in [0.05, 0.1) is 13.2 Å². The molecule has 2 heterocycles. The molecule has 9 heteroatoms. The van der Waals surface area contributed by atoms with Crippen molar-refractivity contribution in [3.8, 4) is 0 Å². The van der Waals surface area contributed by atoms with E-state index in [-0.39, 0.29) is 30.4 Å². The molecule has 32 heavy (non-hydrogen) atoms. The zero-order chi connectivity index (χ0) is 23.3. The summed E-state index contributed by atoms with van der Waals surface area (Å²) in [5, 5.41) is 7.16. The van der Waals surface area contributed by atoms with Crippen LogP contribution in [0.4, 0.5) is 5.69 Å². The fraction of sp³-hybridized carbons (Fsp3) is 0.478. The van der Waals surface area contributed by atoms with Crippen LogP contribution in [0.15, 0.2) is 30.3 Å². The van der Waals surface area contributed by atoms with Crippen molar-refractivity contribution in [2.75, 3.05) is 31.8 Å². The lowest BCUT2D eigenvalue weighted by molar-refractivity contribution is -0.126. The summed E-state index contributed by atoms with van der Waals surface area (Å²) < 4.78 is 11.5. The van der Waals surface area contributed by atoms with E-state index in [2.05, 4.69) is 10.4 Å². The molecule has 0 fully saturated rings. The Balaban J connectivity index is 2.00. The SMILES string of the molecule is CCOC(=O)c1cc2n(n1)CC(C)(C(=O)NCCCOC)N(c1ccc(CC)cc1)C2=O. The fourth-order valence-electron chi connectivity index (χ4n) is 3.78. The number of aromatic nitrogens is 2. The molecule has 1 aliphatic heterocycles. The number of benzene rings is 1. The average Bonchev–Trinajstić information content (AvgIpc) is 3.21. The third-order valence-electron chi connectivity index (χ3n) is 5.54. The predicted octanol–water partition coefficient (Wildman–Crippen LogP) is 2.19. The monoisotopic (exact) mass is 442 g/mol. The molecule has 172 valence electrons. The van der Waals surface area contributed by atoms with Crippen molar-refractivity contribution in [1.29, 1.82) is 0 Å². The van der Waals surface area contributed by atoms with Crippen molar-refractivity contribution in [2.24, 2.45) is 0 Å². The van der Waals surface area contributed by atoms with Gasteiger partial charge in [0.2, 0.25) is 5.91 Å². The number of carbonyl (C=O) groups is 3. The lowest BCUT2D eigenvalue weighted by Gasteiger charge is -2.43. The second-order valence-electron chi connectivity index (χ2n) is 7.83. The Morgan fingerprint density at radius 1 is 1.22 bits per heavy atom. The number of hydrogen-bond donors (Lipinski definition) is 1. The maximum absolute atomic E-state index is 13.6. The molecule has 0 bridgehead atoms. The van der Waals surface area contributed by atoms with E-state index in [1.165, 1.54) is 15.6 Å². The fourth-order valence-corrected chi connectivity index (χ4v) is 3.78. The van der Waals surface area contributed by atoms with Gasteiger partial charge in [0.25, 0.3) is 5.91 Å². The Hall–Kier alpha value is -3.20. The van der Waals surface area contributed by atoms with Crippen LogP contribution in [0.1, 0.15) is 53.7 Å². The third-order valence-corrected chi connectivity index (χ3v) is 5.54. The number of nitrogens with zero attached hydrogens (tertiary/aromatic N) is 3. The number of anilines is 1. The summed E-state index contributed by atoms with van der Waals surface area (Å²) in [7, 11) is 1.60. The molecule has 1 atom stereocenters. The first kappa shape index (κ1) is 23.5. The second-order valence-corrected chi connectivity index (χ2v) is 7.83. The number of aryl methyl sites for hydroxylation is 1. The van der Waals surface area contributed by atoms with Gasteiger partial charge >= 0.3 is 5.97 Å². The Morgan fingerprint density at radius 2 is 1.94 bits per heavy atom. The molecule has 0 saturated heterocycles. The van der Waals surface area contributed by atoms with Gasteiger partial charge in [-0.3, -0.25) is 19.2 Å². The van der Waals surface area contributed by atoms with E-state index in [4.69, 9.17) is 9.47 Å². The number of fused-ring (bicyclic) bond motifs is 1. The summed E-state index contributed by atoms with van der Waals surface area (Å²) in [5.74, 6) is -1.31. The molecule has 0 aliphatic carbocycles. The molecule has 0 saturated carbocycles. The number of ether oxygens (including phenoxy) is 2. The van der Waals surface area contributed by atoms with Gasteiger partial charge < -0.3 is 14.8 Å². The summed E-state index contributed by atoms with van der Waals surface area (Å²) in [6.45, 7) is 6.69. The van der Waals surface area contributed by atoms with Crippen LogP contribution in [-0.4, -0.2) is 60.0 Å². The van der Waals surface area contributed by atoms with E-state index in [0.717, 1.165) is 12.0 Å². The summed E-state index contributed by atoms with van der Waals surface area (Å²) >= 11 is 0. The summed E-state index contributed by atoms with van der Waals surface area (Å²) in [6, 6.07) is 8.98. The van der Waals surface area contributed by atoms with Gasteiger partial charge in [0.1, 0.15) is 11.2 Å². The second kappa shape index (κ2) is 9.95. The first-order valence-corrected chi connectivity index (χ1v) is 10.8.